The molecule has 1 aliphatic rings. The van der Waals surface area contributed by atoms with Crippen LogP contribution in [0.5, 0.6) is 5.88 Å². The van der Waals surface area contributed by atoms with Crippen molar-refractivity contribution in [2.45, 2.75) is 65.3 Å². The van der Waals surface area contributed by atoms with Crippen LogP contribution in [0.4, 0.5) is 4.39 Å². The van der Waals surface area contributed by atoms with Gasteiger partial charge in [0.25, 0.3) is 0 Å². The number of hydrogen-bond acceptors (Lipinski definition) is 4. The lowest BCUT2D eigenvalue weighted by Gasteiger charge is -2.32. The van der Waals surface area contributed by atoms with Gasteiger partial charge in [0.15, 0.2) is 0 Å². The van der Waals surface area contributed by atoms with Crippen LogP contribution in [0.15, 0.2) is 36.5 Å². The number of rotatable bonds is 5. The van der Waals surface area contributed by atoms with E-state index in [1.54, 1.807) is 0 Å². The Hall–Kier alpha value is -1.92. The normalized spacial score (nSPS) is 18.1. The van der Waals surface area contributed by atoms with Crippen LogP contribution in [0, 0.1) is 5.82 Å². The summed E-state index contributed by atoms with van der Waals surface area (Å²) in [6.45, 7) is 12.4. The first-order valence-corrected chi connectivity index (χ1v) is 9.32. The largest absolute Gasteiger partial charge is 0.499 e. The summed E-state index contributed by atoms with van der Waals surface area (Å²) in [7, 11) is -0.778. The maximum atomic E-state index is 14.6. The fourth-order valence-electron chi connectivity index (χ4n) is 2.80. The molecule has 2 heterocycles. The van der Waals surface area contributed by atoms with Crippen molar-refractivity contribution in [3.8, 4) is 5.88 Å². The maximum Gasteiger partial charge on any atom is 0.499 e. The lowest BCUT2D eigenvalue weighted by atomic mass is 9.80. The quantitative estimate of drug-likeness (QED) is 0.738. The summed E-state index contributed by atoms with van der Waals surface area (Å²) in [5.74, 6) is 0.271. The molecule has 0 aliphatic carbocycles. The van der Waals surface area contributed by atoms with Crippen LogP contribution in [0.3, 0.4) is 0 Å². The molecule has 27 heavy (non-hydrogen) atoms. The van der Waals surface area contributed by atoms with Gasteiger partial charge >= 0.3 is 7.12 Å². The van der Waals surface area contributed by atoms with E-state index < -0.39 is 24.1 Å². The Morgan fingerprint density at radius 2 is 1.67 bits per heavy atom. The molecule has 0 bridgehead atoms. The van der Waals surface area contributed by atoms with Gasteiger partial charge in [-0.3, -0.25) is 0 Å². The lowest BCUT2D eigenvalue weighted by Crippen LogP contribution is -2.41. The second-order valence-electron chi connectivity index (χ2n) is 8.32. The van der Waals surface area contributed by atoms with Gasteiger partial charge in [0.05, 0.1) is 11.2 Å². The molecule has 3 rings (SSSR count). The van der Waals surface area contributed by atoms with E-state index in [9.17, 15) is 4.39 Å². The van der Waals surface area contributed by atoms with E-state index in [1.165, 1.54) is 17.8 Å². The predicted molar refractivity (Wildman–Crippen MR) is 105 cm³/mol. The highest BCUT2D eigenvalue weighted by Crippen LogP contribution is 2.36. The van der Waals surface area contributed by atoms with E-state index in [-0.39, 0.29) is 11.3 Å². The van der Waals surface area contributed by atoms with Crippen LogP contribution >= 0.6 is 0 Å². The number of hydrogen-bond donors (Lipinski definition) is 0. The van der Waals surface area contributed by atoms with Crippen molar-refractivity contribution in [2.24, 2.45) is 0 Å². The van der Waals surface area contributed by atoms with E-state index in [2.05, 4.69) is 31.0 Å². The van der Waals surface area contributed by atoms with Gasteiger partial charge in [-0.25, -0.2) is 9.37 Å². The average molecular weight is 371 g/mol. The van der Waals surface area contributed by atoms with Gasteiger partial charge in [-0.2, -0.15) is 0 Å². The van der Waals surface area contributed by atoms with Gasteiger partial charge in [0, 0.05) is 17.7 Å². The van der Waals surface area contributed by atoms with Crippen molar-refractivity contribution in [1.82, 2.24) is 4.98 Å². The first kappa shape index (κ1) is 19.8. The van der Waals surface area contributed by atoms with Crippen LogP contribution in [-0.2, 0) is 15.9 Å². The average Bonchev–Trinajstić information content (AvgIpc) is 2.81. The zero-order chi connectivity index (χ0) is 19.8. The van der Waals surface area contributed by atoms with Crippen molar-refractivity contribution >= 4 is 12.6 Å². The SMILES string of the molecule is CC(C)c1ccc(COc2cc(F)c(B3OC(C)(C)C(C)(C)O3)cn2)cc1. The summed E-state index contributed by atoms with van der Waals surface area (Å²) in [5.41, 5.74) is 1.51. The predicted octanol–water partition coefficient (Wildman–Crippen LogP) is 4.22. The van der Waals surface area contributed by atoms with Gasteiger partial charge in [0.2, 0.25) is 5.88 Å². The molecule has 0 amide bonds. The first-order chi connectivity index (χ1) is 12.6. The third-order valence-electron chi connectivity index (χ3n) is 5.40. The van der Waals surface area contributed by atoms with Crippen molar-refractivity contribution in [1.29, 1.82) is 0 Å². The number of ether oxygens (including phenoxy) is 1. The van der Waals surface area contributed by atoms with Crippen molar-refractivity contribution in [2.75, 3.05) is 0 Å². The highest BCUT2D eigenvalue weighted by molar-refractivity contribution is 6.62. The Kier molecular flexibility index (Phi) is 5.32. The molecule has 0 saturated carbocycles. The molecular formula is C21H27BFNO3. The van der Waals surface area contributed by atoms with Gasteiger partial charge in [-0.1, -0.05) is 38.1 Å². The number of benzene rings is 1. The van der Waals surface area contributed by atoms with Crippen LogP contribution in [0.25, 0.3) is 0 Å². The number of halogens is 1. The summed E-state index contributed by atoms with van der Waals surface area (Å²) in [6, 6.07) is 9.48. The van der Waals surface area contributed by atoms with Crippen LogP contribution < -0.4 is 10.2 Å². The maximum absolute atomic E-state index is 14.6. The molecule has 0 unspecified atom stereocenters. The molecular weight excluding hydrogens is 344 g/mol. The molecule has 0 N–H and O–H groups in total. The minimum absolute atomic E-state index is 0.237. The van der Waals surface area contributed by atoms with Crippen molar-refractivity contribution < 1.29 is 18.4 Å². The fraction of sp³-hybridized carbons (Fsp3) is 0.476. The van der Waals surface area contributed by atoms with E-state index in [0.717, 1.165) is 5.56 Å². The molecule has 2 aromatic rings. The van der Waals surface area contributed by atoms with Crippen LogP contribution in [-0.4, -0.2) is 23.3 Å². The highest BCUT2D eigenvalue weighted by Gasteiger charge is 2.52. The third kappa shape index (κ3) is 4.17. The first-order valence-electron chi connectivity index (χ1n) is 9.32. The minimum Gasteiger partial charge on any atom is -0.473 e. The van der Waals surface area contributed by atoms with Crippen LogP contribution in [0.2, 0.25) is 0 Å². The minimum atomic E-state index is -0.778. The third-order valence-corrected chi connectivity index (χ3v) is 5.40. The van der Waals surface area contributed by atoms with Crippen molar-refractivity contribution in [3.05, 3.63) is 53.5 Å². The Balaban J connectivity index is 1.67. The van der Waals surface area contributed by atoms with Gasteiger partial charge < -0.3 is 14.0 Å². The van der Waals surface area contributed by atoms with Gasteiger partial charge in [-0.05, 0) is 44.7 Å². The Bertz CT molecular complexity index is 790. The second kappa shape index (κ2) is 7.25. The highest BCUT2D eigenvalue weighted by atomic mass is 19.1. The van der Waals surface area contributed by atoms with E-state index >= 15 is 0 Å². The zero-order valence-electron chi connectivity index (χ0n) is 16.9. The molecule has 1 aromatic carbocycles. The van der Waals surface area contributed by atoms with Gasteiger partial charge in [-0.15, -0.1) is 0 Å². The van der Waals surface area contributed by atoms with E-state index in [0.29, 0.717) is 12.5 Å². The smallest absolute Gasteiger partial charge is 0.473 e. The molecule has 0 radical (unpaired) electrons. The zero-order valence-corrected chi connectivity index (χ0v) is 16.9. The van der Waals surface area contributed by atoms with E-state index in [1.807, 2.05) is 39.8 Å². The van der Waals surface area contributed by atoms with Crippen molar-refractivity contribution in [3.63, 3.8) is 0 Å². The van der Waals surface area contributed by atoms with Gasteiger partial charge in [0.1, 0.15) is 12.4 Å². The number of nitrogens with zero attached hydrogens (tertiary/aromatic N) is 1. The number of aromatic nitrogens is 1. The molecule has 1 aliphatic heterocycles. The summed E-state index contributed by atoms with van der Waals surface area (Å²) in [6.07, 6.45) is 1.43. The topological polar surface area (TPSA) is 40.6 Å². The molecule has 0 spiro atoms. The molecule has 1 aromatic heterocycles. The molecule has 6 heteroatoms. The Morgan fingerprint density at radius 3 is 2.19 bits per heavy atom. The Morgan fingerprint density at radius 1 is 1.07 bits per heavy atom. The summed E-state index contributed by atoms with van der Waals surface area (Å²) >= 11 is 0. The summed E-state index contributed by atoms with van der Waals surface area (Å²) in [5, 5.41) is 0. The summed E-state index contributed by atoms with van der Waals surface area (Å²) < 4.78 is 32.0. The molecule has 0 atom stereocenters. The molecule has 144 valence electrons. The summed E-state index contributed by atoms with van der Waals surface area (Å²) in [4.78, 5) is 4.22. The monoisotopic (exact) mass is 371 g/mol. The number of pyridine rings is 1. The lowest BCUT2D eigenvalue weighted by molar-refractivity contribution is 0.00578. The molecule has 4 nitrogen and oxygen atoms in total. The second-order valence-corrected chi connectivity index (χ2v) is 8.32. The molecule has 1 fully saturated rings. The molecule has 1 saturated heterocycles. The Labute approximate surface area is 161 Å². The fourth-order valence-corrected chi connectivity index (χ4v) is 2.80. The van der Waals surface area contributed by atoms with Crippen LogP contribution in [0.1, 0.15) is 58.6 Å². The standard InChI is InChI=1S/C21H27BFNO3/c1-14(2)16-9-7-15(8-10-16)13-25-19-11-18(23)17(12-24-19)22-26-20(3,4)21(5,6)27-22/h7-12,14H,13H2,1-6H3. The van der Waals surface area contributed by atoms with E-state index in [4.69, 9.17) is 14.0 Å².